The van der Waals surface area contributed by atoms with Gasteiger partial charge in [0.2, 0.25) is 17.5 Å². The summed E-state index contributed by atoms with van der Waals surface area (Å²) in [5, 5.41) is 5.37. The van der Waals surface area contributed by atoms with E-state index < -0.39 is 12.2 Å². The first-order valence-corrected chi connectivity index (χ1v) is 18.4. The van der Waals surface area contributed by atoms with Gasteiger partial charge in [0, 0.05) is 42.3 Å². The summed E-state index contributed by atoms with van der Waals surface area (Å²) in [4.78, 5) is 23.9. The number of rotatable bonds is 15. The molecule has 1 unspecified atom stereocenters. The van der Waals surface area contributed by atoms with Crippen molar-refractivity contribution in [1.29, 1.82) is 0 Å². The Kier molecular flexibility index (Phi) is 14.6. The predicted molar refractivity (Wildman–Crippen MR) is 143 cm³/mol. The molecule has 32 heavy (non-hydrogen) atoms. The lowest BCUT2D eigenvalue weighted by molar-refractivity contribution is -0.122. The molecule has 0 bridgehead atoms. The molecule has 0 radical (unpaired) electrons. The molecule has 1 aliphatic heterocycles. The van der Waals surface area contributed by atoms with Crippen LogP contribution in [0.15, 0.2) is 0 Å². The molecule has 2 amide bonds. The number of thiol groups is 1. The Labute approximate surface area is 211 Å². The van der Waals surface area contributed by atoms with Crippen molar-refractivity contribution in [3.05, 3.63) is 0 Å². The number of carbonyl (C=O) groups excluding carboxylic acids is 2. The summed E-state index contributed by atoms with van der Waals surface area (Å²) in [7, 11) is 1.67. The van der Waals surface area contributed by atoms with E-state index in [0.717, 1.165) is 0 Å². The smallest absolute Gasteiger partial charge is 0.247 e. The highest BCUT2D eigenvalue weighted by molar-refractivity contribution is 8.82. The summed E-state index contributed by atoms with van der Waals surface area (Å²) in [6.45, 7) is 9.69. The third-order valence-electron chi connectivity index (χ3n) is 4.01. The van der Waals surface area contributed by atoms with Gasteiger partial charge in [-0.3, -0.25) is 9.59 Å². The third-order valence-corrected chi connectivity index (χ3v) is 13.2. The predicted octanol–water partition coefficient (Wildman–Crippen LogP) is 4.57. The highest BCUT2D eigenvalue weighted by atomic mass is 33.1. The highest BCUT2D eigenvalue weighted by Crippen LogP contribution is 2.64. The Morgan fingerprint density at radius 3 is 2.28 bits per heavy atom. The number of nitrogens with one attached hydrogen (secondary N) is 2. The van der Waals surface area contributed by atoms with Crippen LogP contribution >= 0.6 is 47.3 Å². The van der Waals surface area contributed by atoms with E-state index in [2.05, 4.69) is 50.6 Å². The second-order valence-electron chi connectivity index (χ2n) is 8.81. The standard InChI is InChI=1S/C18H36N2O6P2S4/c1-17(2,10-23-5)11-24-27(29)31-8-6-15(21)19-14-20-16(22)7-9-32-28(30)25-12-18(3,4)13-26-28/h29H,6-14H2,1-5H3,(H,19,21)(H,20,22). The van der Waals surface area contributed by atoms with E-state index in [9.17, 15) is 9.59 Å². The fourth-order valence-corrected chi connectivity index (χ4v) is 9.68. The summed E-state index contributed by atoms with van der Waals surface area (Å²) >= 11 is 12.8. The maximum Gasteiger partial charge on any atom is 0.247 e. The van der Waals surface area contributed by atoms with E-state index in [0.29, 0.717) is 44.4 Å². The molecular formula is C18H36N2O6P2S4. The van der Waals surface area contributed by atoms with E-state index in [4.69, 9.17) is 30.1 Å². The normalized spacial score (nSPS) is 18.7. The quantitative estimate of drug-likeness (QED) is 0.150. The number of methoxy groups -OCH3 is 1. The molecule has 1 heterocycles. The number of carbonyl (C=O) groups is 2. The van der Waals surface area contributed by atoms with Crippen molar-refractivity contribution >= 4 is 70.9 Å². The van der Waals surface area contributed by atoms with E-state index in [1.165, 1.54) is 22.8 Å². The number of hydrogen-bond donors (Lipinski definition) is 3. The van der Waals surface area contributed by atoms with Gasteiger partial charge in [0.25, 0.3) is 0 Å². The van der Waals surface area contributed by atoms with Gasteiger partial charge in [0.15, 0.2) is 0 Å². The Hall–Kier alpha value is 0.910. The molecular weight excluding hydrogens is 530 g/mol. The molecule has 188 valence electrons. The highest BCUT2D eigenvalue weighted by Gasteiger charge is 2.33. The van der Waals surface area contributed by atoms with Crippen LogP contribution in [0.5, 0.6) is 0 Å². The van der Waals surface area contributed by atoms with Crippen molar-refractivity contribution in [3.63, 3.8) is 0 Å². The summed E-state index contributed by atoms with van der Waals surface area (Å²) in [6.07, 6.45) is 0.611. The first-order chi connectivity index (χ1) is 14.9. The van der Waals surface area contributed by atoms with Gasteiger partial charge in [-0.1, -0.05) is 50.5 Å². The SMILES string of the molecule is COCC(C)(C)COP(S)SCCC(=O)NCNC(=O)CCSP1(=S)OCC(C)(C)CO1. The van der Waals surface area contributed by atoms with Gasteiger partial charge in [0.1, 0.15) is 6.55 Å². The first-order valence-electron chi connectivity index (χ1n) is 10.2. The van der Waals surface area contributed by atoms with Gasteiger partial charge >= 0.3 is 0 Å². The van der Waals surface area contributed by atoms with E-state index in [-0.39, 0.29) is 35.7 Å². The lowest BCUT2D eigenvalue weighted by Gasteiger charge is -2.35. The topological polar surface area (TPSA) is 95.1 Å². The van der Waals surface area contributed by atoms with Crippen molar-refractivity contribution in [2.75, 3.05) is 51.7 Å². The van der Waals surface area contributed by atoms with Crippen molar-refractivity contribution < 1.29 is 27.9 Å². The van der Waals surface area contributed by atoms with Crippen LogP contribution in [0.25, 0.3) is 0 Å². The maximum absolute atomic E-state index is 12.0. The van der Waals surface area contributed by atoms with Crippen LogP contribution in [0, 0.1) is 10.8 Å². The van der Waals surface area contributed by atoms with Gasteiger partial charge in [-0.2, -0.15) is 0 Å². The number of amides is 2. The van der Waals surface area contributed by atoms with Crippen LogP contribution in [0.3, 0.4) is 0 Å². The fourth-order valence-electron chi connectivity index (χ4n) is 2.25. The lowest BCUT2D eigenvalue weighted by atomic mass is 9.97. The van der Waals surface area contributed by atoms with E-state index in [1.54, 1.807) is 7.11 Å². The van der Waals surface area contributed by atoms with Gasteiger partial charge < -0.3 is 28.9 Å². The van der Waals surface area contributed by atoms with Crippen LogP contribution in [-0.4, -0.2) is 63.5 Å². The van der Waals surface area contributed by atoms with Gasteiger partial charge in [-0.05, 0) is 11.8 Å². The summed E-state index contributed by atoms with van der Waals surface area (Å²) in [6, 6.07) is 0. The molecule has 1 saturated heterocycles. The fraction of sp³-hybridized carbons (Fsp3) is 0.889. The zero-order chi connectivity index (χ0) is 24.3. The van der Waals surface area contributed by atoms with Gasteiger partial charge in [-0.15, -0.1) is 12.2 Å². The lowest BCUT2D eigenvalue weighted by Crippen LogP contribution is -2.37. The van der Waals surface area contributed by atoms with Crippen molar-refractivity contribution in [2.24, 2.45) is 10.8 Å². The zero-order valence-corrected chi connectivity index (χ0v) is 24.5. The molecule has 8 nitrogen and oxygen atoms in total. The second kappa shape index (κ2) is 15.1. The van der Waals surface area contributed by atoms with Gasteiger partial charge in [-0.25, -0.2) is 0 Å². The minimum Gasteiger partial charge on any atom is -0.384 e. The largest absolute Gasteiger partial charge is 0.384 e. The number of ether oxygens (including phenoxy) is 1. The van der Waals surface area contributed by atoms with Crippen LogP contribution < -0.4 is 10.6 Å². The third kappa shape index (κ3) is 14.3. The van der Waals surface area contributed by atoms with Crippen LogP contribution in [-0.2, 0) is 39.7 Å². The minimum atomic E-state index is -2.35. The molecule has 14 heteroatoms. The molecule has 0 saturated carbocycles. The van der Waals surface area contributed by atoms with Crippen molar-refractivity contribution in [3.8, 4) is 0 Å². The molecule has 1 fully saturated rings. The van der Waals surface area contributed by atoms with Crippen molar-refractivity contribution in [2.45, 2.75) is 40.5 Å². The van der Waals surface area contributed by atoms with Gasteiger partial charge in [0.05, 0.1) is 33.1 Å². The molecule has 1 rings (SSSR count). The second-order valence-corrected chi connectivity index (χ2v) is 20.3. The zero-order valence-electron chi connectivity index (χ0n) is 19.4. The van der Waals surface area contributed by atoms with Crippen molar-refractivity contribution in [1.82, 2.24) is 10.6 Å². The molecule has 1 atom stereocenters. The molecule has 1 aliphatic rings. The minimum absolute atomic E-state index is 0.0280. The average Bonchev–Trinajstić information content (AvgIpc) is 2.69. The monoisotopic (exact) mass is 566 g/mol. The van der Waals surface area contributed by atoms with Crippen LogP contribution in [0.4, 0.5) is 0 Å². The average molecular weight is 567 g/mol. The molecule has 0 aromatic heterocycles. The van der Waals surface area contributed by atoms with E-state index in [1.807, 2.05) is 0 Å². The molecule has 0 aromatic rings. The summed E-state index contributed by atoms with van der Waals surface area (Å²) in [5.41, 5.74) is -2.46. The molecule has 0 aromatic carbocycles. The summed E-state index contributed by atoms with van der Waals surface area (Å²) in [5.74, 6) is 0.821. The Bertz CT molecular complexity index is 643. The number of hydrogen-bond acceptors (Lipinski definition) is 10. The maximum atomic E-state index is 12.0. The van der Waals surface area contributed by atoms with E-state index >= 15 is 0 Å². The summed E-state index contributed by atoms with van der Waals surface area (Å²) < 4.78 is 22.4. The Morgan fingerprint density at radius 2 is 1.72 bits per heavy atom. The first kappa shape index (κ1) is 30.9. The Morgan fingerprint density at radius 1 is 1.16 bits per heavy atom. The van der Waals surface area contributed by atoms with Crippen LogP contribution in [0.1, 0.15) is 40.5 Å². The Balaban J connectivity index is 2.07. The molecule has 0 spiro atoms. The molecule has 2 N–H and O–H groups in total. The molecule has 0 aliphatic carbocycles. The van der Waals surface area contributed by atoms with Crippen LogP contribution in [0.2, 0.25) is 0 Å².